The summed E-state index contributed by atoms with van der Waals surface area (Å²) in [5.74, 6) is 1.85. The van der Waals surface area contributed by atoms with E-state index in [4.69, 9.17) is 0 Å². The van der Waals surface area contributed by atoms with Crippen molar-refractivity contribution in [3.8, 4) is 0 Å². The van der Waals surface area contributed by atoms with Gasteiger partial charge in [-0.2, -0.15) is 0 Å². The smallest absolute Gasteiger partial charge is 0.137 e. The fourth-order valence-electron chi connectivity index (χ4n) is 2.23. The molecule has 1 aliphatic heterocycles. The van der Waals surface area contributed by atoms with Gasteiger partial charge in [0.15, 0.2) is 0 Å². The first-order valence-electron chi connectivity index (χ1n) is 5.99. The quantitative estimate of drug-likeness (QED) is 0.865. The summed E-state index contributed by atoms with van der Waals surface area (Å²) in [5, 5.41) is 3.59. The molecular weight excluding hydrogens is 221 g/mol. The third-order valence-electron chi connectivity index (χ3n) is 3.38. The van der Waals surface area contributed by atoms with E-state index < -0.39 is 0 Å². The minimum Gasteiger partial charge on any atom is -0.310 e. The molecule has 1 unspecified atom stereocenters. The van der Waals surface area contributed by atoms with Crippen LogP contribution in [-0.4, -0.2) is 12.3 Å². The van der Waals surface area contributed by atoms with Crippen LogP contribution in [0.1, 0.15) is 30.9 Å². The van der Waals surface area contributed by atoms with Gasteiger partial charge in [0, 0.05) is 10.9 Å². The van der Waals surface area contributed by atoms with E-state index in [1.807, 2.05) is 6.07 Å². The third-order valence-corrected chi connectivity index (χ3v) is 4.53. The molecule has 1 nitrogen and oxygen atoms in total. The van der Waals surface area contributed by atoms with Crippen molar-refractivity contribution in [1.82, 2.24) is 5.32 Å². The van der Waals surface area contributed by atoms with Gasteiger partial charge in [-0.1, -0.05) is 12.1 Å². The zero-order chi connectivity index (χ0) is 11.0. The fraction of sp³-hybridized carbons (Fsp3) is 0.538. The Morgan fingerprint density at radius 2 is 2.19 bits per heavy atom. The minimum absolute atomic E-state index is 0.0552. The molecule has 0 aromatic heterocycles. The lowest BCUT2D eigenvalue weighted by atomic mass is 10.0. The van der Waals surface area contributed by atoms with E-state index >= 15 is 0 Å². The largest absolute Gasteiger partial charge is 0.310 e. The fourth-order valence-corrected chi connectivity index (χ4v) is 3.37. The normalized spacial score (nSPS) is 24.2. The highest BCUT2D eigenvalue weighted by molar-refractivity contribution is 7.99. The van der Waals surface area contributed by atoms with Crippen molar-refractivity contribution in [1.29, 1.82) is 0 Å². The number of hydrogen-bond acceptors (Lipinski definition) is 2. The summed E-state index contributed by atoms with van der Waals surface area (Å²) in [6.07, 6.45) is 3.85. The Bertz CT molecular complexity index is 390. The van der Waals surface area contributed by atoms with Crippen molar-refractivity contribution < 1.29 is 4.39 Å². The first-order valence-corrected chi connectivity index (χ1v) is 6.98. The van der Waals surface area contributed by atoms with Gasteiger partial charge in [-0.15, -0.1) is 11.8 Å². The molecule has 0 saturated heterocycles. The molecule has 1 aliphatic carbocycles. The van der Waals surface area contributed by atoms with Crippen LogP contribution in [0.25, 0.3) is 0 Å². The molecule has 1 saturated carbocycles. The Morgan fingerprint density at radius 3 is 3.00 bits per heavy atom. The van der Waals surface area contributed by atoms with Gasteiger partial charge in [-0.05, 0) is 49.1 Å². The maximum Gasteiger partial charge on any atom is 0.137 e. The molecule has 0 bridgehead atoms. The molecule has 0 amide bonds. The number of thioether (sulfide) groups is 1. The van der Waals surface area contributed by atoms with Crippen LogP contribution >= 0.6 is 11.8 Å². The van der Waals surface area contributed by atoms with E-state index in [1.165, 1.54) is 12.8 Å². The number of fused-ring (bicyclic) bond motifs is 1. The molecule has 0 spiro atoms. The molecule has 1 heterocycles. The van der Waals surface area contributed by atoms with Crippen molar-refractivity contribution in [2.45, 2.75) is 30.2 Å². The topological polar surface area (TPSA) is 12.0 Å². The first-order chi connectivity index (χ1) is 7.84. The molecular formula is C13H16FNS. The van der Waals surface area contributed by atoms with Crippen LogP contribution in [-0.2, 0) is 0 Å². The molecule has 1 aromatic carbocycles. The van der Waals surface area contributed by atoms with E-state index in [2.05, 4.69) is 11.4 Å². The predicted molar refractivity (Wildman–Crippen MR) is 65.2 cm³/mol. The highest BCUT2D eigenvalue weighted by Gasteiger charge is 2.26. The highest BCUT2D eigenvalue weighted by Crippen LogP contribution is 2.38. The molecule has 0 radical (unpaired) electrons. The zero-order valence-electron chi connectivity index (χ0n) is 9.21. The summed E-state index contributed by atoms with van der Waals surface area (Å²) in [4.78, 5) is 0.863. The van der Waals surface area contributed by atoms with Crippen molar-refractivity contribution in [2.24, 2.45) is 5.92 Å². The molecule has 3 rings (SSSR count). The average Bonchev–Trinajstić information content (AvgIpc) is 3.11. The van der Waals surface area contributed by atoms with E-state index in [0.717, 1.165) is 35.1 Å². The van der Waals surface area contributed by atoms with Crippen molar-refractivity contribution >= 4 is 11.8 Å². The number of halogens is 1. The second-order valence-corrected chi connectivity index (χ2v) is 5.80. The number of nitrogens with one attached hydrogen (secondary N) is 1. The zero-order valence-corrected chi connectivity index (χ0v) is 10.0. The second-order valence-electron chi connectivity index (χ2n) is 4.70. The summed E-state index contributed by atoms with van der Waals surface area (Å²) in [7, 11) is 0. The standard InChI is InChI=1S/C13H16FNS/c14-11-3-1-2-10-12(6-7-16-13(10)11)15-8-9-4-5-9/h1-3,9,12,15H,4-8H2. The SMILES string of the molecule is Fc1cccc2c1SCCC2NCC1CC1. The van der Waals surface area contributed by atoms with Gasteiger partial charge in [0.05, 0.1) is 0 Å². The Balaban J connectivity index is 1.78. The third kappa shape index (κ3) is 2.11. The Hall–Kier alpha value is -0.540. The van der Waals surface area contributed by atoms with Gasteiger partial charge < -0.3 is 5.32 Å². The van der Waals surface area contributed by atoms with Crippen LogP contribution in [0.5, 0.6) is 0 Å². The lowest BCUT2D eigenvalue weighted by Gasteiger charge is -2.26. The van der Waals surface area contributed by atoms with Crippen LogP contribution in [0.15, 0.2) is 23.1 Å². The van der Waals surface area contributed by atoms with Gasteiger partial charge in [-0.3, -0.25) is 0 Å². The van der Waals surface area contributed by atoms with Crippen LogP contribution in [0.2, 0.25) is 0 Å². The molecule has 2 aliphatic rings. The number of hydrogen-bond donors (Lipinski definition) is 1. The molecule has 16 heavy (non-hydrogen) atoms. The van der Waals surface area contributed by atoms with Gasteiger partial charge in [0.1, 0.15) is 5.82 Å². The summed E-state index contributed by atoms with van der Waals surface area (Å²) in [5.41, 5.74) is 1.16. The van der Waals surface area contributed by atoms with E-state index in [9.17, 15) is 4.39 Å². The minimum atomic E-state index is -0.0552. The Kier molecular flexibility index (Phi) is 2.90. The number of rotatable bonds is 3. The Morgan fingerprint density at radius 1 is 1.31 bits per heavy atom. The molecule has 86 valence electrons. The van der Waals surface area contributed by atoms with E-state index in [1.54, 1.807) is 17.8 Å². The average molecular weight is 237 g/mol. The first kappa shape index (κ1) is 10.6. The van der Waals surface area contributed by atoms with Gasteiger partial charge in [0.25, 0.3) is 0 Å². The van der Waals surface area contributed by atoms with Crippen molar-refractivity contribution in [3.63, 3.8) is 0 Å². The molecule has 3 heteroatoms. The van der Waals surface area contributed by atoms with Gasteiger partial charge in [-0.25, -0.2) is 4.39 Å². The highest BCUT2D eigenvalue weighted by atomic mass is 32.2. The van der Waals surface area contributed by atoms with Crippen molar-refractivity contribution in [2.75, 3.05) is 12.3 Å². The summed E-state index contributed by atoms with van der Waals surface area (Å²) in [6.45, 7) is 1.10. The van der Waals surface area contributed by atoms with E-state index in [0.29, 0.717) is 6.04 Å². The summed E-state index contributed by atoms with van der Waals surface area (Å²) >= 11 is 1.65. The predicted octanol–water partition coefficient (Wildman–Crippen LogP) is 3.36. The molecule has 1 aromatic rings. The molecule has 1 atom stereocenters. The maximum atomic E-state index is 13.6. The lowest BCUT2D eigenvalue weighted by Crippen LogP contribution is -2.26. The monoisotopic (exact) mass is 237 g/mol. The van der Waals surface area contributed by atoms with Crippen molar-refractivity contribution in [3.05, 3.63) is 29.6 Å². The van der Waals surface area contributed by atoms with Gasteiger partial charge in [0.2, 0.25) is 0 Å². The maximum absolute atomic E-state index is 13.6. The van der Waals surface area contributed by atoms with Crippen LogP contribution in [0, 0.1) is 11.7 Å². The molecule has 1 fully saturated rings. The Labute approximate surface area is 99.8 Å². The second kappa shape index (κ2) is 4.38. The summed E-state index contributed by atoms with van der Waals surface area (Å²) in [6, 6.07) is 5.82. The summed E-state index contributed by atoms with van der Waals surface area (Å²) < 4.78 is 13.6. The van der Waals surface area contributed by atoms with Crippen LogP contribution in [0.3, 0.4) is 0 Å². The van der Waals surface area contributed by atoms with Gasteiger partial charge >= 0.3 is 0 Å². The number of benzene rings is 1. The van der Waals surface area contributed by atoms with Crippen LogP contribution in [0.4, 0.5) is 4.39 Å². The lowest BCUT2D eigenvalue weighted by molar-refractivity contribution is 0.484. The molecule has 1 N–H and O–H groups in total. The van der Waals surface area contributed by atoms with E-state index in [-0.39, 0.29) is 5.82 Å². The van der Waals surface area contributed by atoms with Crippen LogP contribution < -0.4 is 5.32 Å².